The second-order valence-electron chi connectivity index (χ2n) is 15.6. The van der Waals surface area contributed by atoms with Crippen LogP contribution in [0.5, 0.6) is 0 Å². The zero-order valence-corrected chi connectivity index (χ0v) is 32.6. The molecule has 4 heteroatoms. The molecule has 5 aromatic carbocycles. The van der Waals surface area contributed by atoms with Crippen LogP contribution in [0.1, 0.15) is 42.3 Å². The first-order valence-electron chi connectivity index (χ1n) is 20.2. The van der Waals surface area contributed by atoms with Crippen molar-refractivity contribution in [2.45, 2.75) is 26.2 Å². The van der Waals surface area contributed by atoms with Crippen molar-refractivity contribution in [3.8, 4) is 56.2 Å². The fourth-order valence-electron chi connectivity index (χ4n) is 8.62. The summed E-state index contributed by atoms with van der Waals surface area (Å²) in [7, 11) is 0. The van der Waals surface area contributed by atoms with E-state index in [0.29, 0.717) is 11.7 Å². The Morgan fingerprint density at radius 2 is 1.19 bits per heavy atom. The van der Waals surface area contributed by atoms with Crippen molar-refractivity contribution < 1.29 is 0 Å². The van der Waals surface area contributed by atoms with Gasteiger partial charge in [0.2, 0.25) is 0 Å². The summed E-state index contributed by atoms with van der Waals surface area (Å²) in [5.74, 6) is 1.46. The van der Waals surface area contributed by atoms with Gasteiger partial charge in [0.05, 0.1) is 22.8 Å². The smallest absolute Gasteiger partial charge is 0.160 e. The maximum Gasteiger partial charge on any atom is 0.160 e. The summed E-state index contributed by atoms with van der Waals surface area (Å²) in [5, 5.41) is 2.43. The van der Waals surface area contributed by atoms with Crippen LogP contribution in [0.25, 0.3) is 78.6 Å². The largest absolute Gasteiger partial charge is 0.256 e. The molecule has 3 unspecified atom stereocenters. The molecule has 8 aromatic rings. The van der Waals surface area contributed by atoms with Crippen LogP contribution in [0, 0.1) is 11.8 Å². The maximum absolute atomic E-state index is 5.46. The third-order valence-electron chi connectivity index (χ3n) is 11.6. The van der Waals surface area contributed by atoms with Gasteiger partial charge in [-0.25, -0.2) is 9.97 Å². The van der Waals surface area contributed by atoms with Gasteiger partial charge < -0.3 is 0 Å². The number of aromatic nitrogens is 4. The lowest BCUT2D eigenvalue weighted by Crippen LogP contribution is -2.12. The number of allylic oxidation sites excluding steroid dienone is 5. The number of fused-ring (bicyclic) bond motifs is 2. The van der Waals surface area contributed by atoms with E-state index in [4.69, 9.17) is 9.97 Å². The number of benzene rings is 5. The monoisotopic (exact) mass is 746 g/mol. The summed E-state index contributed by atoms with van der Waals surface area (Å²) in [6.45, 7) is 4.56. The fourth-order valence-corrected chi connectivity index (χ4v) is 8.62. The van der Waals surface area contributed by atoms with Crippen molar-refractivity contribution >= 4 is 22.4 Å². The van der Waals surface area contributed by atoms with Gasteiger partial charge in [-0.05, 0) is 117 Å². The molecule has 0 saturated heterocycles. The van der Waals surface area contributed by atoms with Crippen molar-refractivity contribution in [1.82, 2.24) is 19.9 Å². The van der Waals surface area contributed by atoms with E-state index in [0.717, 1.165) is 62.6 Å². The fraction of sp³-hybridized carbons (Fsp3) is 0.111. The first-order chi connectivity index (χ1) is 28.5. The second kappa shape index (κ2) is 15.1. The normalized spacial score (nSPS) is 17.2. The van der Waals surface area contributed by atoms with E-state index >= 15 is 0 Å². The third kappa shape index (κ3) is 6.88. The van der Waals surface area contributed by atoms with E-state index in [-0.39, 0.29) is 11.8 Å². The first-order valence-corrected chi connectivity index (χ1v) is 20.2. The van der Waals surface area contributed by atoms with Crippen LogP contribution in [0.15, 0.2) is 182 Å². The highest BCUT2D eigenvalue weighted by atomic mass is 14.9. The molecule has 2 aliphatic carbocycles. The zero-order chi connectivity index (χ0) is 39.0. The molecule has 10 rings (SSSR count). The van der Waals surface area contributed by atoms with Gasteiger partial charge in [-0.2, -0.15) is 0 Å². The van der Waals surface area contributed by atoms with Crippen LogP contribution in [0.2, 0.25) is 0 Å². The molecular weight excluding hydrogens is 705 g/mol. The zero-order valence-electron chi connectivity index (χ0n) is 32.6. The van der Waals surface area contributed by atoms with E-state index in [1.807, 2.05) is 42.7 Å². The predicted octanol–water partition coefficient (Wildman–Crippen LogP) is 13.3. The third-order valence-corrected chi connectivity index (χ3v) is 11.6. The Morgan fingerprint density at radius 3 is 1.97 bits per heavy atom. The van der Waals surface area contributed by atoms with Crippen LogP contribution in [0.3, 0.4) is 0 Å². The number of hydrogen-bond donors (Lipinski definition) is 0. The highest BCUT2D eigenvalue weighted by Gasteiger charge is 2.24. The van der Waals surface area contributed by atoms with Gasteiger partial charge in [0.25, 0.3) is 0 Å². The molecule has 0 radical (unpaired) electrons. The Bertz CT molecular complexity index is 2880. The second-order valence-corrected chi connectivity index (χ2v) is 15.6. The van der Waals surface area contributed by atoms with Gasteiger partial charge in [-0.3, -0.25) is 9.97 Å². The lowest BCUT2D eigenvalue weighted by molar-refractivity contribution is 0.621. The molecule has 58 heavy (non-hydrogen) atoms. The van der Waals surface area contributed by atoms with E-state index in [2.05, 4.69) is 169 Å². The minimum atomic E-state index is 0.0507. The molecule has 0 fully saturated rings. The van der Waals surface area contributed by atoms with E-state index < -0.39 is 0 Å². The number of rotatable bonds is 7. The Balaban J connectivity index is 1.16. The molecule has 4 nitrogen and oxygen atoms in total. The SMILES string of the molecule is CC1C=Cc2c(cccc2-c2cc(-c3nc(-c4ccc(-c5ccccn5)cc4)cc(C4C=CC(c5ccccn5)=CC4C)n3)cc(-c3cccc4ccccc34)c2)C1. The molecule has 278 valence electrons. The number of pyridine rings is 2. The van der Waals surface area contributed by atoms with Crippen LogP contribution >= 0.6 is 0 Å². The van der Waals surface area contributed by atoms with Crippen molar-refractivity contribution in [3.63, 3.8) is 0 Å². The Labute approximate surface area is 340 Å². The summed E-state index contributed by atoms with van der Waals surface area (Å²) in [5.41, 5.74) is 15.4. The van der Waals surface area contributed by atoms with E-state index in [1.54, 1.807) is 0 Å². The summed E-state index contributed by atoms with van der Waals surface area (Å²) >= 11 is 0. The number of hydrogen-bond acceptors (Lipinski definition) is 4. The molecule has 0 aliphatic heterocycles. The molecular formula is C54H42N4. The van der Waals surface area contributed by atoms with E-state index in [1.165, 1.54) is 33.0 Å². The summed E-state index contributed by atoms with van der Waals surface area (Å²) in [6, 6.07) is 51.7. The molecule has 0 saturated carbocycles. The summed E-state index contributed by atoms with van der Waals surface area (Å²) in [6.07, 6.45) is 16.2. The summed E-state index contributed by atoms with van der Waals surface area (Å²) in [4.78, 5) is 20.1. The number of nitrogens with zero attached hydrogens (tertiary/aromatic N) is 4. The van der Waals surface area contributed by atoms with Gasteiger partial charge in [0, 0.05) is 35.0 Å². The van der Waals surface area contributed by atoms with Gasteiger partial charge >= 0.3 is 0 Å². The molecule has 3 heterocycles. The highest BCUT2D eigenvalue weighted by molar-refractivity contribution is 5.98. The first kappa shape index (κ1) is 35.4. The van der Waals surface area contributed by atoms with Crippen LogP contribution in [0.4, 0.5) is 0 Å². The van der Waals surface area contributed by atoms with Crippen LogP contribution < -0.4 is 0 Å². The van der Waals surface area contributed by atoms with Crippen molar-refractivity contribution in [2.24, 2.45) is 11.8 Å². The Hall–Kier alpha value is -7.04. The van der Waals surface area contributed by atoms with Crippen LogP contribution in [-0.2, 0) is 6.42 Å². The van der Waals surface area contributed by atoms with Crippen molar-refractivity contribution in [2.75, 3.05) is 0 Å². The molecule has 0 spiro atoms. The predicted molar refractivity (Wildman–Crippen MR) is 240 cm³/mol. The van der Waals surface area contributed by atoms with E-state index in [9.17, 15) is 0 Å². The summed E-state index contributed by atoms with van der Waals surface area (Å²) < 4.78 is 0. The molecule has 3 aromatic heterocycles. The van der Waals surface area contributed by atoms with Gasteiger partial charge in [0.1, 0.15) is 0 Å². The molecule has 2 aliphatic rings. The van der Waals surface area contributed by atoms with Gasteiger partial charge in [-0.15, -0.1) is 0 Å². The Morgan fingerprint density at radius 1 is 0.517 bits per heavy atom. The molecule has 0 bridgehead atoms. The minimum absolute atomic E-state index is 0.0507. The quantitative estimate of drug-likeness (QED) is 0.163. The topological polar surface area (TPSA) is 51.6 Å². The molecule has 0 amide bonds. The lowest BCUT2D eigenvalue weighted by Gasteiger charge is -2.24. The van der Waals surface area contributed by atoms with Crippen molar-refractivity contribution in [1.29, 1.82) is 0 Å². The van der Waals surface area contributed by atoms with Gasteiger partial charge in [0.15, 0.2) is 5.82 Å². The van der Waals surface area contributed by atoms with Crippen LogP contribution in [-0.4, -0.2) is 19.9 Å². The minimum Gasteiger partial charge on any atom is -0.256 e. The standard InChI is InChI=1S/C54H42N4/c1-35-19-25-49-40(29-35)13-10-16-48(49)43-31-42(47-15-9-12-37-11-3-4-14-46(37)47)32-44(33-43)54-57-52(39-22-20-38(21-23-39)50-17-5-7-27-55-50)34-53(58-54)45-26-24-41(30-36(45)2)51-18-6-8-28-56-51/h3-28,30-36,45H,29H2,1-2H3. The average molecular weight is 747 g/mol. The van der Waals surface area contributed by atoms with Gasteiger partial charge in [-0.1, -0.05) is 141 Å². The lowest BCUT2D eigenvalue weighted by atomic mass is 9.83. The molecule has 3 atom stereocenters. The van der Waals surface area contributed by atoms with Crippen molar-refractivity contribution in [3.05, 3.63) is 205 Å². The Kier molecular flexibility index (Phi) is 9.23. The average Bonchev–Trinajstić information content (AvgIpc) is 3.29. The molecule has 0 N–H and O–H groups in total. The highest BCUT2D eigenvalue weighted by Crippen LogP contribution is 2.41. The maximum atomic E-state index is 5.46.